The zero-order chi connectivity index (χ0) is 28.1. The molecule has 5 nitrogen and oxygen atoms in total. The topological polar surface area (TPSA) is 50.6 Å². The van der Waals surface area contributed by atoms with Gasteiger partial charge in [-0.3, -0.25) is 4.79 Å². The third-order valence-electron chi connectivity index (χ3n) is 8.60. The van der Waals surface area contributed by atoms with Crippen LogP contribution in [0.1, 0.15) is 57.4 Å². The first kappa shape index (κ1) is 27.4. The number of carbonyl (C=O) groups excluding carboxylic acids is 1. The predicted octanol–water partition coefficient (Wildman–Crippen LogP) is 5.97. The van der Waals surface area contributed by atoms with E-state index >= 15 is 0 Å². The van der Waals surface area contributed by atoms with Gasteiger partial charge in [-0.1, -0.05) is 24.1 Å². The van der Waals surface area contributed by atoms with Gasteiger partial charge in [0.2, 0.25) is 0 Å². The maximum Gasteiger partial charge on any atom is 0.254 e. The van der Waals surface area contributed by atoms with Gasteiger partial charge in [-0.25, -0.2) is 0 Å². The van der Waals surface area contributed by atoms with E-state index in [1.54, 1.807) is 0 Å². The molecule has 40 heavy (non-hydrogen) atoms. The van der Waals surface area contributed by atoms with E-state index in [-0.39, 0.29) is 5.91 Å². The third kappa shape index (κ3) is 6.00. The smallest absolute Gasteiger partial charge is 0.254 e. The summed E-state index contributed by atoms with van der Waals surface area (Å²) in [5, 5.41) is 9.48. The van der Waals surface area contributed by atoms with Gasteiger partial charge in [0, 0.05) is 56.1 Å². The molecule has 0 aliphatic carbocycles. The van der Waals surface area contributed by atoms with Crippen molar-refractivity contribution in [1.29, 1.82) is 5.26 Å². The highest BCUT2D eigenvalue weighted by molar-refractivity contribution is 5.96. The first-order chi connectivity index (χ1) is 19.5. The number of nitrogens with zero attached hydrogens (tertiary/aromatic N) is 4. The van der Waals surface area contributed by atoms with E-state index < -0.39 is 0 Å². The molecular weight excluding hydrogens is 492 g/mol. The second kappa shape index (κ2) is 12.3. The van der Waals surface area contributed by atoms with Crippen molar-refractivity contribution in [3.05, 3.63) is 94.0 Å². The lowest BCUT2D eigenvalue weighted by Crippen LogP contribution is -2.49. The van der Waals surface area contributed by atoms with E-state index in [2.05, 4.69) is 59.9 Å². The molecule has 204 valence electrons. The van der Waals surface area contributed by atoms with Crippen LogP contribution in [0.3, 0.4) is 0 Å². The average Bonchev–Trinajstić information content (AvgIpc) is 3.24. The summed E-state index contributed by atoms with van der Waals surface area (Å²) < 4.78 is 0. The molecule has 2 saturated heterocycles. The number of terminal acetylenes is 1. The molecular formula is C35H38N4O. The molecule has 0 N–H and O–H groups in total. The Labute approximate surface area is 239 Å². The van der Waals surface area contributed by atoms with Crippen LogP contribution in [0.15, 0.2) is 60.7 Å². The van der Waals surface area contributed by atoms with Gasteiger partial charge < -0.3 is 14.7 Å². The van der Waals surface area contributed by atoms with Crippen molar-refractivity contribution in [2.45, 2.75) is 39.5 Å². The fraction of sp³-hybridized carbons (Fsp3) is 0.371. The lowest BCUT2D eigenvalue weighted by molar-refractivity contribution is 0.0746. The Balaban J connectivity index is 1.23. The summed E-state index contributed by atoms with van der Waals surface area (Å²) in [4.78, 5) is 20.3. The van der Waals surface area contributed by atoms with Gasteiger partial charge in [0.1, 0.15) is 6.07 Å². The maximum atomic E-state index is 13.7. The fourth-order valence-electron chi connectivity index (χ4n) is 6.22. The minimum absolute atomic E-state index is 0.120. The molecule has 2 heterocycles. The highest BCUT2D eigenvalue weighted by Crippen LogP contribution is 2.29. The zero-order valence-electron chi connectivity index (χ0n) is 23.7. The van der Waals surface area contributed by atoms with Crippen molar-refractivity contribution in [2.75, 3.05) is 49.1 Å². The number of aryl methyl sites for hydroxylation is 2. The van der Waals surface area contributed by atoms with Crippen molar-refractivity contribution >= 4 is 17.3 Å². The first-order valence-corrected chi connectivity index (χ1v) is 14.4. The van der Waals surface area contributed by atoms with Crippen LogP contribution in [-0.2, 0) is 6.42 Å². The highest BCUT2D eigenvalue weighted by atomic mass is 16.2. The third-order valence-corrected chi connectivity index (χ3v) is 8.60. The molecule has 0 bridgehead atoms. The molecule has 0 radical (unpaired) electrons. The van der Waals surface area contributed by atoms with Crippen molar-refractivity contribution in [1.82, 2.24) is 4.90 Å². The summed E-state index contributed by atoms with van der Waals surface area (Å²) in [7, 11) is 0. The normalized spacial score (nSPS) is 17.6. The summed E-state index contributed by atoms with van der Waals surface area (Å²) in [6.07, 6.45) is 10.0. The Morgan fingerprint density at radius 1 is 0.900 bits per heavy atom. The van der Waals surface area contributed by atoms with Crippen molar-refractivity contribution < 1.29 is 4.79 Å². The molecule has 2 aliphatic rings. The monoisotopic (exact) mass is 530 g/mol. The van der Waals surface area contributed by atoms with E-state index in [0.717, 1.165) is 67.8 Å². The van der Waals surface area contributed by atoms with Crippen LogP contribution in [0.25, 0.3) is 0 Å². The molecule has 2 fully saturated rings. The van der Waals surface area contributed by atoms with Crippen molar-refractivity contribution in [3.63, 3.8) is 0 Å². The minimum Gasteiger partial charge on any atom is -0.372 e. The lowest BCUT2D eigenvalue weighted by atomic mass is 9.88. The van der Waals surface area contributed by atoms with E-state index in [1.807, 2.05) is 41.3 Å². The van der Waals surface area contributed by atoms with Gasteiger partial charge in [0.15, 0.2) is 0 Å². The Kier molecular flexibility index (Phi) is 8.42. The minimum atomic E-state index is 0.120. The van der Waals surface area contributed by atoms with Gasteiger partial charge in [-0.15, -0.1) is 6.42 Å². The van der Waals surface area contributed by atoms with Crippen LogP contribution in [-0.4, -0.2) is 50.1 Å². The lowest BCUT2D eigenvalue weighted by Gasteiger charge is -2.36. The Morgan fingerprint density at radius 3 is 2.38 bits per heavy atom. The number of benzene rings is 3. The molecule has 1 amide bonds. The number of para-hydroxylation sites is 1. The molecule has 2 aliphatic heterocycles. The second-order valence-electron chi connectivity index (χ2n) is 11.2. The molecule has 1 atom stereocenters. The summed E-state index contributed by atoms with van der Waals surface area (Å²) in [5.41, 5.74) is 8.26. The Morgan fingerprint density at radius 2 is 1.65 bits per heavy atom. The number of carbonyl (C=O) groups is 1. The number of anilines is 2. The highest BCUT2D eigenvalue weighted by Gasteiger charge is 2.26. The average molecular weight is 531 g/mol. The fourth-order valence-corrected chi connectivity index (χ4v) is 6.22. The number of rotatable bonds is 5. The summed E-state index contributed by atoms with van der Waals surface area (Å²) in [6.45, 7) is 9.10. The molecule has 3 aromatic carbocycles. The van der Waals surface area contributed by atoms with Crippen LogP contribution in [0.4, 0.5) is 11.4 Å². The van der Waals surface area contributed by atoms with Crippen LogP contribution in [0.2, 0.25) is 0 Å². The molecule has 5 heteroatoms. The number of nitriles is 1. The van der Waals surface area contributed by atoms with E-state index in [1.165, 1.54) is 23.2 Å². The zero-order valence-corrected chi connectivity index (χ0v) is 23.7. The van der Waals surface area contributed by atoms with Crippen LogP contribution >= 0.6 is 0 Å². The molecule has 5 rings (SSSR count). The first-order valence-electron chi connectivity index (χ1n) is 14.4. The quantitative estimate of drug-likeness (QED) is 0.382. The van der Waals surface area contributed by atoms with E-state index in [9.17, 15) is 10.1 Å². The molecule has 0 saturated carbocycles. The molecule has 1 unspecified atom stereocenters. The molecule has 0 spiro atoms. The number of piperazine rings is 1. The van der Waals surface area contributed by atoms with E-state index in [0.29, 0.717) is 24.6 Å². The molecule has 3 aromatic rings. The van der Waals surface area contributed by atoms with Crippen molar-refractivity contribution in [3.8, 4) is 18.4 Å². The van der Waals surface area contributed by atoms with Crippen LogP contribution < -0.4 is 9.80 Å². The Hall–Kier alpha value is -4.22. The number of hydrogen-bond donors (Lipinski definition) is 0. The van der Waals surface area contributed by atoms with Crippen molar-refractivity contribution in [2.24, 2.45) is 5.92 Å². The second-order valence-corrected chi connectivity index (χ2v) is 11.2. The van der Waals surface area contributed by atoms with E-state index in [4.69, 9.17) is 6.42 Å². The number of amides is 1. The van der Waals surface area contributed by atoms with Gasteiger partial charge in [0.25, 0.3) is 5.91 Å². The van der Waals surface area contributed by atoms with Crippen LogP contribution in [0.5, 0.6) is 0 Å². The van der Waals surface area contributed by atoms with Gasteiger partial charge in [-0.05, 0) is 105 Å². The van der Waals surface area contributed by atoms with Gasteiger partial charge >= 0.3 is 0 Å². The summed E-state index contributed by atoms with van der Waals surface area (Å²) in [6, 6.07) is 22.7. The number of hydrogen-bond acceptors (Lipinski definition) is 4. The molecule has 0 aromatic heterocycles. The largest absolute Gasteiger partial charge is 0.372 e. The van der Waals surface area contributed by atoms with Crippen LogP contribution in [0, 0.1) is 43.4 Å². The summed E-state index contributed by atoms with van der Waals surface area (Å²) in [5.74, 6) is 3.42. The maximum absolute atomic E-state index is 13.7. The van der Waals surface area contributed by atoms with Gasteiger partial charge in [0.05, 0.1) is 11.3 Å². The van der Waals surface area contributed by atoms with Gasteiger partial charge in [-0.2, -0.15) is 5.26 Å². The standard InChI is InChI=1S/C35H38N4O/c1-4-28-11-13-32(14-12-28)37-16-7-8-29(15-17-37)23-31-24-33(27(3)22-26(31)2)35(40)39-20-18-38(19-21-39)34-10-6-5-9-30(34)25-36/h1,5-6,9-14,22,24,29H,7-8,15-21,23H2,2-3H3. The SMILES string of the molecule is C#Cc1ccc(N2CCCC(Cc3cc(C(=O)N4CCN(c5ccccc5C#N)CC4)c(C)cc3C)CC2)cc1. The Bertz CT molecular complexity index is 1440. The predicted molar refractivity (Wildman–Crippen MR) is 163 cm³/mol. The summed E-state index contributed by atoms with van der Waals surface area (Å²) >= 11 is 0.